The molecule has 2 aliphatic rings. The van der Waals surface area contributed by atoms with E-state index in [1.54, 1.807) is 0 Å². The molecule has 0 radical (unpaired) electrons. The molecule has 4 nitrogen and oxygen atoms in total. The zero-order valence-electron chi connectivity index (χ0n) is 19.0. The van der Waals surface area contributed by atoms with Crippen molar-refractivity contribution >= 4 is 5.91 Å². The number of piperidine rings is 2. The van der Waals surface area contributed by atoms with E-state index in [0.29, 0.717) is 6.54 Å². The molecular formula is C27H37N3O. The molecule has 2 aliphatic heterocycles. The van der Waals surface area contributed by atoms with E-state index in [-0.39, 0.29) is 11.8 Å². The van der Waals surface area contributed by atoms with Crippen molar-refractivity contribution in [3.05, 3.63) is 70.8 Å². The van der Waals surface area contributed by atoms with Gasteiger partial charge in [0.2, 0.25) is 5.91 Å². The van der Waals surface area contributed by atoms with Gasteiger partial charge in [-0.1, -0.05) is 60.5 Å². The maximum atomic E-state index is 12.7. The molecule has 0 saturated carbocycles. The van der Waals surface area contributed by atoms with Gasteiger partial charge in [0.25, 0.3) is 0 Å². The topological polar surface area (TPSA) is 35.6 Å². The number of nitrogens with one attached hydrogen (secondary N) is 1. The second-order valence-electron chi connectivity index (χ2n) is 9.41. The van der Waals surface area contributed by atoms with Crippen LogP contribution in [0.25, 0.3) is 0 Å². The number of carbonyl (C=O) groups is 1. The normalized spacial score (nSPS) is 18.7. The lowest BCUT2D eigenvalue weighted by Gasteiger charge is -2.31. The lowest BCUT2D eigenvalue weighted by atomic mass is 9.95. The van der Waals surface area contributed by atoms with Gasteiger partial charge in [-0.15, -0.1) is 0 Å². The monoisotopic (exact) mass is 419 g/mol. The minimum Gasteiger partial charge on any atom is -0.352 e. The highest BCUT2D eigenvalue weighted by Gasteiger charge is 2.24. The van der Waals surface area contributed by atoms with E-state index in [2.05, 4.69) is 70.6 Å². The van der Waals surface area contributed by atoms with E-state index < -0.39 is 0 Å². The third kappa shape index (κ3) is 6.65. The fourth-order valence-electron chi connectivity index (χ4n) is 4.85. The molecule has 0 spiro atoms. The summed E-state index contributed by atoms with van der Waals surface area (Å²) in [5, 5.41) is 3.20. The second kappa shape index (κ2) is 10.9. The number of hydrogen-bond acceptors (Lipinski definition) is 3. The van der Waals surface area contributed by atoms with Crippen LogP contribution >= 0.6 is 0 Å². The van der Waals surface area contributed by atoms with Crippen molar-refractivity contribution in [1.82, 2.24) is 15.1 Å². The summed E-state index contributed by atoms with van der Waals surface area (Å²) in [4.78, 5) is 17.8. The van der Waals surface area contributed by atoms with Crippen molar-refractivity contribution in [1.29, 1.82) is 0 Å². The fourth-order valence-corrected chi connectivity index (χ4v) is 4.85. The lowest BCUT2D eigenvalue weighted by Crippen LogP contribution is -2.40. The van der Waals surface area contributed by atoms with Crippen LogP contribution in [0.15, 0.2) is 48.5 Å². The van der Waals surface area contributed by atoms with Gasteiger partial charge in [-0.25, -0.2) is 0 Å². The fraction of sp³-hybridized carbons (Fsp3) is 0.519. The first-order valence-corrected chi connectivity index (χ1v) is 12.0. The van der Waals surface area contributed by atoms with Crippen molar-refractivity contribution in [2.24, 2.45) is 5.92 Å². The molecule has 2 aromatic carbocycles. The van der Waals surface area contributed by atoms with Crippen molar-refractivity contribution in [2.75, 3.05) is 26.2 Å². The zero-order chi connectivity index (χ0) is 21.5. The smallest absolute Gasteiger partial charge is 0.223 e. The van der Waals surface area contributed by atoms with Crippen molar-refractivity contribution in [2.45, 2.75) is 58.7 Å². The molecule has 1 amide bonds. The van der Waals surface area contributed by atoms with Gasteiger partial charge < -0.3 is 5.32 Å². The molecule has 166 valence electrons. The molecule has 0 atom stereocenters. The van der Waals surface area contributed by atoms with Crippen LogP contribution in [0.3, 0.4) is 0 Å². The minimum absolute atomic E-state index is 0.144. The molecule has 0 bridgehead atoms. The molecule has 2 fully saturated rings. The summed E-state index contributed by atoms with van der Waals surface area (Å²) in [6.07, 6.45) is 5.91. The van der Waals surface area contributed by atoms with Crippen molar-refractivity contribution < 1.29 is 4.79 Å². The van der Waals surface area contributed by atoms with Crippen molar-refractivity contribution in [3.8, 4) is 0 Å². The lowest BCUT2D eigenvalue weighted by molar-refractivity contribution is -0.126. The number of likely N-dealkylation sites (tertiary alicyclic amines) is 2. The van der Waals surface area contributed by atoms with Gasteiger partial charge in [-0.3, -0.25) is 14.6 Å². The van der Waals surface area contributed by atoms with Gasteiger partial charge >= 0.3 is 0 Å². The Morgan fingerprint density at radius 3 is 2.23 bits per heavy atom. The molecule has 2 aromatic rings. The summed E-state index contributed by atoms with van der Waals surface area (Å²) in [7, 11) is 0. The van der Waals surface area contributed by atoms with E-state index in [4.69, 9.17) is 0 Å². The Morgan fingerprint density at radius 2 is 1.48 bits per heavy atom. The second-order valence-corrected chi connectivity index (χ2v) is 9.41. The van der Waals surface area contributed by atoms with Gasteiger partial charge in [0, 0.05) is 25.6 Å². The summed E-state index contributed by atoms with van der Waals surface area (Å²) in [6.45, 7) is 9.19. The van der Waals surface area contributed by atoms with Crippen LogP contribution in [-0.2, 0) is 24.4 Å². The number of nitrogens with zero attached hydrogens (tertiary/aromatic N) is 2. The standard InChI is InChI=1S/C27H37N3O/c1-22-8-10-23(11-9-22)20-30-16-12-26(13-17-30)27(31)28-19-24-6-5-7-25(18-24)21-29-14-3-2-4-15-29/h5-11,18,26H,2-4,12-17,19-21H2,1H3,(H,28,31). The van der Waals surface area contributed by atoms with E-state index in [1.807, 2.05) is 0 Å². The van der Waals surface area contributed by atoms with E-state index in [0.717, 1.165) is 39.0 Å². The highest BCUT2D eigenvalue weighted by Crippen LogP contribution is 2.20. The molecule has 0 unspecified atom stereocenters. The Kier molecular flexibility index (Phi) is 7.76. The Labute approximate surface area is 187 Å². The average Bonchev–Trinajstić information content (AvgIpc) is 2.80. The van der Waals surface area contributed by atoms with Crippen LogP contribution in [-0.4, -0.2) is 41.9 Å². The molecule has 2 heterocycles. The highest BCUT2D eigenvalue weighted by molar-refractivity contribution is 5.78. The van der Waals surface area contributed by atoms with Crippen molar-refractivity contribution in [3.63, 3.8) is 0 Å². The summed E-state index contributed by atoms with van der Waals surface area (Å²) in [6, 6.07) is 17.5. The Balaban J connectivity index is 1.20. The molecule has 2 saturated heterocycles. The first kappa shape index (κ1) is 22.0. The van der Waals surface area contributed by atoms with Crippen LogP contribution in [0, 0.1) is 12.8 Å². The van der Waals surface area contributed by atoms with Crippen LogP contribution in [0.2, 0.25) is 0 Å². The van der Waals surface area contributed by atoms with E-state index >= 15 is 0 Å². The van der Waals surface area contributed by atoms with Crippen LogP contribution in [0.5, 0.6) is 0 Å². The number of amides is 1. The largest absolute Gasteiger partial charge is 0.352 e. The molecule has 4 heteroatoms. The maximum absolute atomic E-state index is 12.7. The predicted octanol–water partition coefficient (Wildman–Crippen LogP) is 4.51. The maximum Gasteiger partial charge on any atom is 0.223 e. The average molecular weight is 420 g/mol. The number of benzene rings is 2. The third-order valence-corrected chi connectivity index (χ3v) is 6.80. The van der Waals surface area contributed by atoms with Gasteiger partial charge in [-0.2, -0.15) is 0 Å². The molecule has 0 aromatic heterocycles. The molecule has 1 N–H and O–H groups in total. The Hall–Kier alpha value is -2.17. The van der Waals surface area contributed by atoms with Gasteiger partial charge in [0.1, 0.15) is 0 Å². The number of rotatable bonds is 7. The summed E-state index contributed by atoms with van der Waals surface area (Å²) in [5.41, 5.74) is 5.23. The summed E-state index contributed by atoms with van der Waals surface area (Å²) < 4.78 is 0. The third-order valence-electron chi connectivity index (χ3n) is 6.80. The predicted molar refractivity (Wildman–Crippen MR) is 127 cm³/mol. The first-order chi connectivity index (χ1) is 15.2. The highest BCUT2D eigenvalue weighted by atomic mass is 16.1. The molecular weight excluding hydrogens is 382 g/mol. The van der Waals surface area contributed by atoms with Crippen LogP contribution < -0.4 is 5.32 Å². The quantitative estimate of drug-likeness (QED) is 0.717. The SMILES string of the molecule is Cc1ccc(CN2CCC(C(=O)NCc3cccc(CN4CCCCC4)c3)CC2)cc1. The van der Waals surface area contributed by atoms with E-state index in [1.165, 1.54) is 54.6 Å². The van der Waals surface area contributed by atoms with Crippen LogP contribution in [0.1, 0.15) is 54.4 Å². The van der Waals surface area contributed by atoms with Crippen LogP contribution in [0.4, 0.5) is 0 Å². The van der Waals surface area contributed by atoms with Gasteiger partial charge in [0.05, 0.1) is 0 Å². The summed E-state index contributed by atoms with van der Waals surface area (Å²) >= 11 is 0. The zero-order valence-corrected chi connectivity index (χ0v) is 19.0. The summed E-state index contributed by atoms with van der Waals surface area (Å²) in [5.74, 6) is 0.363. The molecule has 4 rings (SSSR count). The minimum atomic E-state index is 0.144. The Bertz CT molecular complexity index is 834. The Morgan fingerprint density at radius 1 is 0.839 bits per heavy atom. The number of hydrogen-bond donors (Lipinski definition) is 1. The molecule has 0 aliphatic carbocycles. The van der Waals surface area contributed by atoms with E-state index in [9.17, 15) is 4.79 Å². The van der Waals surface area contributed by atoms with Gasteiger partial charge in [-0.05, 0) is 75.5 Å². The molecule has 31 heavy (non-hydrogen) atoms. The number of carbonyl (C=O) groups excluding carboxylic acids is 1. The number of aryl methyl sites for hydroxylation is 1. The first-order valence-electron chi connectivity index (χ1n) is 12.0. The van der Waals surface area contributed by atoms with Gasteiger partial charge in [0.15, 0.2) is 0 Å².